The molecule has 43 heavy (non-hydrogen) atoms. The van der Waals surface area contributed by atoms with Crippen LogP contribution in [0.5, 0.6) is 0 Å². The van der Waals surface area contributed by atoms with Gasteiger partial charge in [0, 0.05) is 30.0 Å². The number of hydrogen-bond donors (Lipinski definition) is 1. The molecule has 0 amide bonds. The Labute approximate surface area is 295 Å². The van der Waals surface area contributed by atoms with Crippen LogP contribution < -0.4 is 0 Å². The number of carbonyl (C=O) groups is 2. The number of aromatic nitrogens is 1. The van der Waals surface area contributed by atoms with Gasteiger partial charge in [-0.05, 0) is 72.1 Å². The molecule has 0 aromatic carbocycles. The molecule has 0 saturated heterocycles. The Kier molecular flexibility index (Phi) is 21.5. The van der Waals surface area contributed by atoms with Crippen LogP contribution in [-0.4, -0.2) is 70.7 Å². The smallest absolute Gasteiger partial charge is 0.322 e. The van der Waals surface area contributed by atoms with E-state index in [-0.39, 0.29) is 9.83 Å². The normalized spacial score (nSPS) is 16.0. The molecule has 6 nitrogen and oxygen atoms in total. The van der Waals surface area contributed by atoms with Crippen LogP contribution >= 0.6 is 79.8 Å². The first-order valence-electron chi connectivity index (χ1n) is 14.4. The molecule has 0 aliphatic heterocycles. The summed E-state index contributed by atoms with van der Waals surface area (Å²) in [7, 11) is 1.78. The molecule has 1 rings (SSSR count). The second kappa shape index (κ2) is 21.6. The van der Waals surface area contributed by atoms with Crippen molar-refractivity contribution in [2.45, 2.75) is 117 Å². The lowest BCUT2D eigenvalue weighted by atomic mass is 10.2. The second-order valence-corrected chi connectivity index (χ2v) is 19.9. The molecule has 0 N–H and O–H groups in total. The van der Waals surface area contributed by atoms with Gasteiger partial charge in [0.1, 0.15) is 20.9 Å². The summed E-state index contributed by atoms with van der Waals surface area (Å²) in [6, 6.07) is 6.02. The molecule has 0 saturated carbocycles. The predicted molar refractivity (Wildman–Crippen MR) is 201 cm³/mol. The topological polar surface area (TPSA) is 77.9 Å². The monoisotopic (exact) mass is 800 g/mol. The van der Waals surface area contributed by atoms with Crippen molar-refractivity contribution in [1.82, 2.24) is 4.98 Å². The highest BCUT2D eigenvalue weighted by atomic mass is 79.9. The third-order valence-corrected chi connectivity index (χ3v) is 11.3. The number of ether oxygens (including phenoxy) is 2. The third-order valence-electron chi connectivity index (χ3n) is 5.85. The summed E-state index contributed by atoms with van der Waals surface area (Å²) in [5.74, 6) is -0.176. The minimum Gasteiger partial charge on any atom is -0.456 e. The molecule has 4 unspecified atom stereocenters. The van der Waals surface area contributed by atoms with Crippen LogP contribution in [0.2, 0.25) is 0 Å². The maximum atomic E-state index is 12.6. The van der Waals surface area contributed by atoms with E-state index in [0.717, 1.165) is 22.9 Å². The molecular weight excluding hydrogens is 752 g/mol. The number of halogens is 2. The minimum absolute atomic E-state index is 0.207. The van der Waals surface area contributed by atoms with Gasteiger partial charge in [0.25, 0.3) is 0 Å². The van der Waals surface area contributed by atoms with Gasteiger partial charge in [0.15, 0.2) is 0 Å². The first-order chi connectivity index (χ1) is 20.0. The maximum Gasteiger partial charge on any atom is 0.322 e. The molecule has 1 aromatic heterocycles. The average molecular weight is 803 g/mol. The highest BCUT2D eigenvalue weighted by Crippen LogP contribution is 2.42. The lowest BCUT2D eigenvalue weighted by Crippen LogP contribution is -2.44. The number of allylic oxidation sites excluding steroid dienone is 1. The van der Waals surface area contributed by atoms with Crippen molar-refractivity contribution in [2.75, 3.05) is 18.6 Å². The first-order valence-corrected chi connectivity index (χ1v) is 19.3. The number of aliphatic imine (C=N–C) groups is 1. The maximum absolute atomic E-state index is 12.6. The quantitative estimate of drug-likeness (QED) is 0.0337. The van der Waals surface area contributed by atoms with Gasteiger partial charge in [0.05, 0.1) is 14.1 Å². The summed E-state index contributed by atoms with van der Waals surface area (Å²) in [4.78, 5) is 33.7. The van der Waals surface area contributed by atoms with E-state index in [9.17, 15) is 9.59 Å². The molecular formula is C31H50Br2N2O4S4. The third kappa shape index (κ3) is 18.6. The van der Waals surface area contributed by atoms with Crippen LogP contribution in [-0.2, 0) is 19.1 Å². The van der Waals surface area contributed by atoms with Crippen molar-refractivity contribution in [1.29, 1.82) is 0 Å². The molecule has 246 valence electrons. The zero-order chi connectivity index (χ0) is 33.3. The first kappa shape index (κ1) is 42.9. The summed E-state index contributed by atoms with van der Waals surface area (Å²) in [5.41, 5.74) is 0. The van der Waals surface area contributed by atoms with Gasteiger partial charge in [0.2, 0.25) is 0 Å². The van der Waals surface area contributed by atoms with Crippen LogP contribution in [0, 0.1) is 0 Å². The van der Waals surface area contributed by atoms with E-state index < -0.39 is 32.8 Å². The molecule has 0 aliphatic carbocycles. The van der Waals surface area contributed by atoms with Crippen molar-refractivity contribution in [3.63, 3.8) is 0 Å². The molecule has 0 aliphatic rings. The molecule has 0 bridgehead atoms. The lowest BCUT2D eigenvalue weighted by Gasteiger charge is -2.33. The Morgan fingerprint density at radius 2 is 1.63 bits per heavy atom. The largest absolute Gasteiger partial charge is 0.456 e. The number of carbonyl (C=O) groups excluding carboxylic acids is 2. The molecule has 1 heterocycles. The SMILES string of the molecule is CC/C=C\C(=NC)SC(C)(CC)SCC(OC(=O)C(C)(C)Br)C(CS)OC(=O)C(C)(C)Br.CCC(C)Sc1ccccn1. The summed E-state index contributed by atoms with van der Waals surface area (Å²) in [6.07, 6.45) is 7.61. The predicted octanol–water partition coefficient (Wildman–Crippen LogP) is 9.65. The number of hydrogen-bond acceptors (Lipinski definition) is 10. The van der Waals surface area contributed by atoms with Crippen LogP contribution in [0.3, 0.4) is 0 Å². The molecule has 0 spiro atoms. The van der Waals surface area contributed by atoms with E-state index >= 15 is 0 Å². The van der Waals surface area contributed by atoms with Gasteiger partial charge in [-0.25, -0.2) is 4.98 Å². The van der Waals surface area contributed by atoms with Crippen molar-refractivity contribution >= 4 is 96.8 Å². The Morgan fingerprint density at radius 1 is 1.05 bits per heavy atom. The van der Waals surface area contributed by atoms with Crippen LogP contribution in [0.15, 0.2) is 46.6 Å². The highest BCUT2D eigenvalue weighted by molar-refractivity contribution is 9.10. The number of esters is 2. The summed E-state index contributed by atoms with van der Waals surface area (Å²) in [5, 5.41) is 2.74. The fourth-order valence-corrected chi connectivity index (χ4v) is 6.66. The number of thioether (sulfide) groups is 3. The molecule has 0 fully saturated rings. The van der Waals surface area contributed by atoms with Crippen LogP contribution in [0.4, 0.5) is 0 Å². The van der Waals surface area contributed by atoms with E-state index in [0.29, 0.717) is 11.0 Å². The number of rotatable bonds is 16. The van der Waals surface area contributed by atoms with Gasteiger partial charge < -0.3 is 9.47 Å². The fourth-order valence-electron chi connectivity index (χ4n) is 2.77. The van der Waals surface area contributed by atoms with E-state index in [4.69, 9.17) is 9.47 Å². The van der Waals surface area contributed by atoms with Crippen LogP contribution in [0.1, 0.15) is 81.6 Å². The summed E-state index contributed by atoms with van der Waals surface area (Å²) >= 11 is 16.2. The molecule has 1 aromatic rings. The summed E-state index contributed by atoms with van der Waals surface area (Å²) < 4.78 is 9.59. The van der Waals surface area contributed by atoms with E-state index in [1.165, 1.54) is 6.42 Å². The Balaban J connectivity index is 0.00000133. The van der Waals surface area contributed by atoms with E-state index in [1.54, 1.807) is 58.3 Å². The highest BCUT2D eigenvalue weighted by Gasteiger charge is 2.37. The van der Waals surface area contributed by atoms with E-state index in [2.05, 4.69) is 101 Å². The second-order valence-electron chi connectivity index (χ2n) is 10.8. The van der Waals surface area contributed by atoms with Crippen molar-refractivity contribution in [2.24, 2.45) is 4.99 Å². The lowest BCUT2D eigenvalue weighted by molar-refractivity contribution is -0.166. The van der Waals surface area contributed by atoms with Gasteiger partial charge in [-0.15, -0.1) is 23.5 Å². The molecule has 0 radical (unpaired) electrons. The molecule has 4 atom stereocenters. The molecule has 12 heteroatoms. The Bertz CT molecular complexity index is 1020. The van der Waals surface area contributed by atoms with Crippen molar-refractivity contribution in [3.05, 3.63) is 36.5 Å². The summed E-state index contributed by atoms with van der Waals surface area (Å²) in [6.45, 7) is 17.6. The fraction of sp³-hybridized carbons (Fsp3) is 0.677. The van der Waals surface area contributed by atoms with Crippen molar-refractivity contribution in [3.8, 4) is 0 Å². The van der Waals surface area contributed by atoms with Crippen LogP contribution in [0.25, 0.3) is 0 Å². The average Bonchev–Trinajstić information content (AvgIpc) is 2.95. The standard InChI is InChI=1S/C22H37Br2NO4S3.C9H13NS/c1-9-11-12-17(25-8)32-22(7,10-2)31-14-16(29-19(27)21(5,6)24)15(13-30)28-18(26)20(3,4)23;1-3-8(2)11-9-6-4-5-7-10-9/h11-12,15-16,30H,9-10,13-14H2,1-8H3;4-8H,3H2,1-2H3/b12-11-,25-17?;. The number of alkyl halides is 2. The zero-order valence-electron chi connectivity index (χ0n) is 27.2. The van der Waals surface area contributed by atoms with Gasteiger partial charge in [-0.3, -0.25) is 14.6 Å². The van der Waals surface area contributed by atoms with Crippen molar-refractivity contribution < 1.29 is 19.1 Å². The minimum atomic E-state index is -0.856. The Morgan fingerprint density at radius 3 is 2.05 bits per heavy atom. The van der Waals surface area contributed by atoms with Gasteiger partial charge >= 0.3 is 11.9 Å². The zero-order valence-corrected chi connectivity index (χ0v) is 33.7. The number of thiol groups is 1. The number of pyridine rings is 1. The number of nitrogens with zero attached hydrogens (tertiary/aromatic N) is 2. The Hall–Kier alpha value is -0.140. The van der Waals surface area contributed by atoms with Gasteiger partial charge in [-0.2, -0.15) is 12.6 Å². The van der Waals surface area contributed by atoms with Gasteiger partial charge in [-0.1, -0.05) is 83.5 Å². The van der Waals surface area contributed by atoms with E-state index in [1.807, 2.05) is 36.2 Å².